The highest BCUT2D eigenvalue weighted by molar-refractivity contribution is 5.77. The van der Waals surface area contributed by atoms with Crippen molar-refractivity contribution in [3.8, 4) is 0 Å². The third kappa shape index (κ3) is 6.31. The topological polar surface area (TPSA) is 57.6 Å². The number of rotatable bonds is 6. The Labute approximate surface area is 93.2 Å². The van der Waals surface area contributed by atoms with E-state index in [1.165, 1.54) is 7.05 Å². The number of halogens is 2. The molecule has 0 saturated carbocycles. The lowest BCUT2D eigenvalue weighted by molar-refractivity contribution is -0.140. The van der Waals surface area contributed by atoms with Gasteiger partial charge in [0.15, 0.2) is 0 Å². The normalized spacial score (nSPS) is 11.6. The average Bonchev–Trinajstić information content (AvgIpc) is 1.98. The van der Waals surface area contributed by atoms with Crippen molar-refractivity contribution in [1.82, 2.24) is 4.90 Å². The van der Waals surface area contributed by atoms with Crippen molar-refractivity contribution in [2.45, 2.75) is 33.1 Å². The molecule has 0 atom stereocenters. The third-order valence-corrected chi connectivity index (χ3v) is 2.10. The number of alkyl halides is 2. The Morgan fingerprint density at radius 2 is 1.81 bits per heavy atom. The van der Waals surface area contributed by atoms with Gasteiger partial charge in [-0.05, 0) is 5.41 Å². The summed E-state index contributed by atoms with van der Waals surface area (Å²) in [6.07, 6.45) is -2.79. The molecule has 0 rings (SSSR count). The van der Waals surface area contributed by atoms with Crippen LogP contribution < -0.4 is 0 Å². The number of carboxylic acid groups (broad SMARTS) is 1. The number of aliphatic carboxylic acids is 1. The Morgan fingerprint density at radius 3 is 2.19 bits per heavy atom. The van der Waals surface area contributed by atoms with E-state index < -0.39 is 30.3 Å². The summed E-state index contributed by atoms with van der Waals surface area (Å²) in [6.45, 7) is 2.62. The molecule has 0 aliphatic carbocycles. The van der Waals surface area contributed by atoms with Crippen molar-refractivity contribution in [1.29, 1.82) is 0 Å². The molecule has 4 nitrogen and oxygen atoms in total. The van der Waals surface area contributed by atoms with E-state index in [2.05, 4.69) is 0 Å². The zero-order valence-electron chi connectivity index (χ0n) is 9.67. The Kier molecular flexibility index (Phi) is 5.33. The van der Waals surface area contributed by atoms with Gasteiger partial charge < -0.3 is 10.0 Å². The highest BCUT2D eigenvalue weighted by Gasteiger charge is 2.27. The number of carbonyl (C=O) groups excluding carboxylic acids is 1. The standard InChI is InChI=1S/C10H17F2NO3/c1-10(2,5-9(15)16)4-8(14)13(3)6-7(11)12/h7H,4-6H2,1-3H3,(H,15,16). The number of carbonyl (C=O) groups is 2. The lowest BCUT2D eigenvalue weighted by atomic mass is 9.85. The lowest BCUT2D eigenvalue weighted by Crippen LogP contribution is -2.34. The van der Waals surface area contributed by atoms with Crippen molar-refractivity contribution in [3.05, 3.63) is 0 Å². The van der Waals surface area contributed by atoms with Gasteiger partial charge in [-0.25, -0.2) is 8.78 Å². The smallest absolute Gasteiger partial charge is 0.303 e. The van der Waals surface area contributed by atoms with Crippen molar-refractivity contribution < 1.29 is 23.5 Å². The maximum atomic E-state index is 12.0. The van der Waals surface area contributed by atoms with Crippen LogP contribution in [0.5, 0.6) is 0 Å². The second-order valence-electron chi connectivity index (χ2n) is 4.58. The monoisotopic (exact) mass is 237 g/mol. The van der Waals surface area contributed by atoms with Gasteiger partial charge in [-0.1, -0.05) is 13.8 Å². The molecule has 0 aromatic carbocycles. The molecule has 1 amide bonds. The van der Waals surface area contributed by atoms with E-state index >= 15 is 0 Å². The Bertz CT molecular complexity index is 267. The Hall–Kier alpha value is -1.20. The molecule has 0 fully saturated rings. The van der Waals surface area contributed by atoms with Gasteiger partial charge in [-0.15, -0.1) is 0 Å². The molecule has 1 N–H and O–H groups in total. The van der Waals surface area contributed by atoms with Gasteiger partial charge in [0.25, 0.3) is 6.43 Å². The van der Waals surface area contributed by atoms with Crippen LogP contribution in [0.25, 0.3) is 0 Å². The molecule has 0 aromatic heterocycles. The van der Waals surface area contributed by atoms with E-state index in [4.69, 9.17) is 5.11 Å². The van der Waals surface area contributed by atoms with Crippen LogP contribution in [0.15, 0.2) is 0 Å². The van der Waals surface area contributed by atoms with Crippen LogP contribution in [0.1, 0.15) is 26.7 Å². The Balaban J connectivity index is 4.26. The van der Waals surface area contributed by atoms with Gasteiger partial charge in [-0.3, -0.25) is 9.59 Å². The first kappa shape index (κ1) is 14.8. The van der Waals surface area contributed by atoms with Crippen LogP contribution >= 0.6 is 0 Å². The number of hydrogen-bond acceptors (Lipinski definition) is 2. The average molecular weight is 237 g/mol. The summed E-state index contributed by atoms with van der Waals surface area (Å²) in [5.74, 6) is -1.47. The fraction of sp³-hybridized carbons (Fsp3) is 0.800. The van der Waals surface area contributed by atoms with Crippen LogP contribution in [-0.2, 0) is 9.59 Å². The molecule has 0 heterocycles. The van der Waals surface area contributed by atoms with Crippen molar-refractivity contribution >= 4 is 11.9 Å². The maximum Gasteiger partial charge on any atom is 0.303 e. The van der Waals surface area contributed by atoms with Gasteiger partial charge >= 0.3 is 5.97 Å². The first-order valence-corrected chi connectivity index (χ1v) is 4.88. The molecule has 0 saturated heterocycles. The van der Waals surface area contributed by atoms with Crippen molar-refractivity contribution in [3.63, 3.8) is 0 Å². The molecule has 94 valence electrons. The summed E-state index contributed by atoms with van der Waals surface area (Å²) in [4.78, 5) is 22.9. The van der Waals surface area contributed by atoms with E-state index in [1.54, 1.807) is 13.8 Å². The summed E-state index contributed by atoms with van der Waals surface area (Å²) in [5, 5.41) is 8.60. The van der Waals surface area contributed by atoms with Gasteiger partial charge in [0.2, 0.25) is 5.91 Å². The van der Waals surface area contributed by atoms with Crippen LogP contribution in [0.4, 0.5) is 8.78 Å². The highest BCUT2D eigenvalue weighted by Crippen LogP contribution is 2.25. The fourth-order valence-corrected chi connectivity index (χ4v) is 1.33. The summed E-state index contributed by atoms with van der Waals surface area (Å²) in [7, 11) is 1.28. The molecular formula is C10H17F2NO3. The van der Waals surface area contributed by atoms with Crippen LogP contribution in [0.3, 0.4) is 0 Å². The predicted molar refractivity (Wildman–Crippen MR) is 54.3 cm³/mol. The summed E-state index contributed by atoms with van der Waals surface area (Å²) in [5.41, 5.74) is -0.723. The highest BCUT2D eigenvalue weighted by atomic mass is 19.3. The number of hydrogen-bond donors (Lipinski definition) is 1. The summed E-state index contributed by atoms with van der Waals surface area (Å²) in [6, 6.07) is 0. The van der Waals surface area contributed by atoms with E-state index in [0.717, 1.165) is 4.90 Å². The van der Waals surface area contributed by atoms with Gasteiger partial charge in [0.1, 0.15) is 0 Å². The first-order chi connectivity index (χ1) is 7.14. The molecule has 0 aliphatic heterocycles. The van der Waals surface area contributed by atoms with E-state index in [1.807, 2.05) is 0 Å². The molecule has 6 heteroatoms. The van der Waals surface area contributed by atoms with Gasteiger partial charge in [-0.2, -0.15) is 0 Å². The zero-order chi connectivity index (χ0) is 12.9. The molecule has 0 aromatic rings. The van der Waals surface area contributed by atoms with Gasteiger partial charge in [0, 0.05) is 13.5 Å². The molecule has 0 aliphatic rings. The number of carboxylic acids is 1. The predicted octanol–water partition coefficient (Wildman–Crippen LogP) is 1.60. The SMILES string of the molecule is CN(CC(F)F)C(=O)CC(C)(C)CC(=O)O. The largest absolute Gasteiger partial charge is 0.481 e. The van der Waals surface area contributed by atoms with E-state index in [9.17, 15) is 18.4 Å². The van der Waals surface area contributed by atoms with Gasteiger partial charge in [0.05, 0.1) is 13.0 Å². The molecule has 0 radical (unpaired) electrons. The maximum absolute atomic E-state index is 12.0. The third-order valence-electron chi connectivity index (χ3n) is 2.10. The summed E-state index contributed by atoms with van der Waals surface area (Å²) >= 11 is 0. The molecule has 16 heavy (non-hydrogen) atoms. The van der Waals surface area contributed by atoms with Crippen LogP contribution in [0, 0.1) is 5.41 Å². The lowest BCUT2D eigenvalue weighted by Gasteiger charge is -2.25. The Morgan fingerprint density at radius 1 is 1.31 bits per heavy atom. The van der Waals surface area contributed by atoms with Crippen LogP contribution in [-0.4, -0.2) is 41.9 Å². The molecular weight excluding hydrogens is 220 g/mol. The minimum atomic E-state index is -2.57. The minimum Gasteiger partial charge on any atom is -0.481 e. The molecule has 0 spiro atoms. The first-order valence-electron chi connectivity index (χ1n) is 4.88. The van der Waals surface area contributed by atoms with Crippen molar-refractivity contribution in [2.24, 2.45) is 5.41 Å². The quantitative estimate of drug-likeness (QED) is 0.763. The van der Waals surface area contributed by atoms with Crippen molar-refractivity contribution in [2.75, 3.05) is 13.6 Å². The summed E-state index contributed by atoms with van der Waals surface area (Å²) < 4.78 is 24.0. The molecule has 0 bridgehead atoms. The molecule has 0 unspecified atom stereocenters. The number of nitrogens with zero attached hydrogens (tertiary/aromatic N) is 1. The zero-order valence-corrected chi connectivity index (χ0v) is 9.67. The van der Waals surface area contributed by atoms with E-state index in [-0.39, 0.29) is 12.8 Å². The number of amides is 1. The second kappa shape index (κ2) is 5.77. The van der Waals surface area contributed by atoms with Crippen LogP contribution in [0.2, 0.25) is 0 Å². The van der Waals surface area contributed by atoms with E-state index in [0.29, 0.717) is 0 Å². The fourth-order valence-electron chi connectivity index (χ4n) is 1.33. The minimum absolute atomic E-state index is 0.0531. The second-order valence-corrected chi connectivity index (χ2v) is 4.58.